The van der Waals surface area contributed by atoms with E-state index < -0.39 is 15.9 Å². The SMILES string of the molecule is CCOCCn1c(=NC(=O)c2ccc(S(=O)(=O)N(C)CC3CCCO3)cc2)sc2cc(Cl)cc(C)c21. The molecule has 1 aromatic heterocycles. The number of carbonyl (C=O) groups excluding carboxylic acids is 1. The van der Waals surface area contributed by atoms with Gasteiger partial charge in [0, 0.05) is 43.9 Å². The van der Waals surface area contributed by atoms with E-state index in [1.807, 2.05) is 30.5 Å². The summed E-state index contributed by atoms with van der Waals surface area (Å²) in [6, 6.07) is 9.64. The molecule has 0 bridgehead atoms. The summed E-state index contributed by atoms with van der Waals surface area (Å²) in [4.78, 5) is 18.1. The highest BCUT2D eigenvalue weighted by Crippen LogP contribution is 2.26. The third-order valence-corrected chi connectivity index (χ3v) is 9.17. The van der Waals surface area contributed by atoms with E-state index in [9.17, 15) is 13.2 Å². The van der Waals surface area contributed by atoms with Crippen LogP contribution in [0.4, 0.5) is 0 Å². The number of aromatic nitrogens is 1. The summed E-state index contributed by atoms with van der Waals surface area (Å²) >= 11 is 7.63. The molecule has 36 heavy (non-hydrogen) atoms. The Bertz CT molecular complexity index is 1410. The van der Waals surface area contributed by atoms with Crippen molar-refractivity contribution in [3.63, 3.8) is 0 Å². The van der Waals surface area contributed by atoms with E-state index in [4.69, 9.17) is 21.1 Å². The van der Waals surface area contributed by atoms with Crippen molar-refractivity contribution in [1.82, 2.24) is 8.87 Å². The monoisotopic (exact) mass is 551 g/mol. The van der Waals surface area contributed by atoms with Crippen LogP contribution in [0.1, 0.15) is 35.7 Å². The zero-order valence-electron chi connectivity index (χ0n) is 20.6. The van der Waals surface area contributed by atoms with Crippen molar-refractivity contribution in [3.8, 4) is 0 Å². The molecule has 1 saturated heterocycles. The van der Waals surface area contributed by atoms with E-state index >= 15 is 0 Å². The summed E-state index contributed by atoms with van der Waals surface area (Å²) in [7, 11) is -2.15. The second kappa shape index (κ2) is 11.5. The molecule has 0 spiro atoms. The molecule has 0 radical (unpaired) electrons. The number of likely N-dealkylation sites (N-methyl/N-ethyl adjacent to an activating group) is 1. The molecule has 8 nitrogen and oxygen atoms in total. The van der Waals surface area contributed by atoms with Crippen molar-refractivity contribution in [3.05, 3.63) is 57.3 Å². The number of nitrogens with zero attached hydrogens (tertiary/aromatic N) is 3. The topological polar surface area (TPSA) is 90.2 Å². The standard InChI is InChI=1S/C25H30ClN3O5S2/c1-4-33-13-11-29-23-17(2)14-19(26)15-22(23)35-25(29)27-24(30)18-7-9-21(10-8-18)36(31,32)28(3)16-20-6-5-12-34-20/h7-10,14-15,20H,4-6,11-13,16H2,1-3H3. The lowest BCUT2D eigenvalue weighted by Gasteiger charge is -2.20. The van der Waals surface area contributed by atoms with Gasteiger partial charge in [-0.25, -0.2) is 8.42 Å². The molecule has 2 heterocycles. The average molecular weight is 552 g/mol. The van der Waals surface area contributed by atoms with Gasteiger partial charge < -0.3 is 14.0 Å². The first-order valence-electron chi connectivity index (χ1n) is 11.8. The van der Waals surface area contributed by atoms with Gasteiger partial charge in [-0.15, -0.1) is 0 Å². The molecule has 194 valence electrons. The summed E-state index contributed by atoms with van der Waals surface area (Å²) in [6.07, 6.45) is 1.71. The maximum absolute atomic E-state index is 13.0. The van der Waals surface area contributed by atoms with Crippen molar-refractivity contribution >= 4 is 49.1 Å². The molecule has 2 aromatic carbocycles. The van der Waals surface area contributed by atoms with E-state index in [0.29, 0.717) is 48.3 Å². The highest BCUT2D eigenvalue weighted by Gasteiger charge is 2.26. The number of sulfonamides is 1. The number of hydrogen-bond donors (Lipinski definition) is 0. The van der Waals surface area contributed by atoms with Crippen molar-refractivity contribution in [1.29, 1.82) is 0 Å². The predicted octanol–water partition coefficient (Wildman–Crippen LogP) is 4.24. The number of amides is 1. The van der Waals surface area contributed by atoms with Crippen LogP contribution in [0.25, 0.3) is 10.2 Å². The van der Waals surface area contributed by atoms with Crippen LogP contribution in [-0.2, 0) is 26.0 Å². The quantitative estimate of drug-likeness (QED) is 0.371. The third-order valence-electron chi connectivity index (χ3n) is 6.09. The highest BCUT2D eigenvalue weighted by molar-refractivity contribution is 7.89. The fourth-order valence-corrected chi connectivity index (χ4v) is 6.95. The van der Waals surface area contributed by atoms with E-state index in [1.165, 1.54) is 39.9 Å². The number of aryl methyl sites for hydroxylation is 1. The fraction of sp³-hybridized carbons (Fsp3) is 0.440. The first-order valence-corrected chi connectivity index (χ1v) is 14.5. The fourth-order valence-electron chi connectivity index (χ4n) is 4.24. The molecule has 0 saturated carbocycles. The lowest BCUT2D eigenvalue weighted by Crippen LogP contribution is -2.34. The number of fused-ring (bicyclic) bond motifs is 1. The maximum Gasteiger partial charge on any atom is 0.279 e. The molecule has 0 aliphatic carbocycles. The second-order valence-corrected chi connectivity index (χ2v) is 12.2. The summed E-state index contributed by atoms with van der Waals surface area (Å²) < 4.78 is 41.2. The lowest BCUT2D eigenvalue weighted by atomic mass is 10.2. The third kappa shape index (κ3) is 5.90. The Hall–Kier alpha value is -2.08. The van der Waals surface area contributed by atoms with Crippen LogP contribution in [0, 0.1) is 6.92 Å². The van der Waals surface area contributed by atoms with Gasteiger partial charge in [0.25, 0.3) is 5.91 Å². The van der Waals surface area contributed by atoms with Crippen LogP contribution in [0.15, 0.2) is 46.3 Å². The molecular weight excluding hydrogens is 522 g/mol. The van der Waals surface area contributed by atoms with Gasteiger partial charge >= 0.3 is 0 Å². The Labute approximate surface area is 220 Å². The minimum Gasteiger partial charge on any atom is -0.380 e. The van der Waals surface area contributed by atoms with E-state index in [1.54, 1.807) is 7.05 Å². The second-order valence-electron chi connectivity index (χ2n) is 8.66. The molecule has 1 atom stereocenters. The molecule has 1 aliphatic heterocycles. The van der Waals surface area contributed by atoms with Gasteiger partial charge in [0.05, 0.1) is 27.8 Å². The van der Waals surface area contributed by atoms with E-state index in [-0.39, 0.29) is 11.0 Å². The average Bonchev–Trinajstić information content (AvgIpc) is 3.47. The number of halogens is 1. The Morgan fingerprint density at radius 3 is 2.72 bits per heavy atom. The normalized spacial score (nSPS) is 16.9. The van der Waals surface area contributed by atoms with Gasteiger partial charge in [-0.2, -0.15) is 9.30 Å². The van der Waals surface area contributed by atoms with Gasteiger partial charge in [-0.05, 0) is 68.7 Å². The minimum absolute atomic E-state index is 0.0846. The molecule has 1 fully saturated rings. The van der Waals surface area contributed by atoms with Crippen LogP contribution >= 0.6 is 22.9 Å². The van der Waals surface area contributed by atoms with Gasteiger partial charge in [-0.3, -0.25) is 4.79 Å². The van der Waals surface area contributed by atoms with Crippen LogP contribution in [0.2, 0.25) is 5.02 Å². The molecular formula is C25H30ClN3O5S2. The van der Waals surface area contributed by atoms with Crippen LogP contribution < -0.4 is 4.80 Å². The van der Waals surface area contributed by atoms with Crippen molar-refractivity contribution in [2.24, 2.45) is 4.99 Å². The number of carbonyl (C=O) groups is 1. The Balaban J connectivity index is 1.61. The zero-order valence-corrected chi connectivity index (χ0v) is 23.0. The van der Waals surface area contributed by atoms with Gasteiger partial charge in [-0.1, -0.05) is 22.9 Å². The van der Waals surface area contributed by atoms with Crippen molar-refractivity contribution < 1.29 is 22.7 Å². The van der Waals surface area contributed by atoms with E-state index in [0.717, 1.165) is 28.6 Å². The van der Waals surface area contributed by atoms with Gasteiger partial charge in [0.2, 0.25) is 10.0 Å². The number of hydrogen-bond acceptors (Lipinski definition) is 6. The summed E-state index contributed by atoms with van der Waals surface area (Å²) in [5, 5.41) is 0.623. The molecule has 1 amide bonds. The van der Waals surface area contributed by atoms with Crippen LogP contribution in [0.5, 0.6) is 0 Å². The Morgan fingerprint density at radius 2 is 2.06 bits per heavy atom. The number of thiazole rings is 1. The van der Waals surface area contributed by atoms with Crippen LogP contribution in [-0.4, -0.2) is 62.7 Å². The Kier molecular flexibility index (Phi) is 8.64. The van der Waals surface area contributed by atoms with Crippen LogP contribution in [0.3, 0.4) is 0 Å². The smallest absolute Gasteiger partial charge is 0.279 e. The van der Waals surface area contributed by atoms with Gasteiger partial charge in [0.1, 0.15) is 0 Å². The first kappa shape index (κ1) is 27.0. The molecule has 11 heteroatoms. The maximum atomic E-state index is 13.0. The first-order chi connectivity index (χ1) is 17.2. The number of rotatable bonds is 9. The number of benzene rings is 2. The minimum atomic E-state index is -3.69. The summed E-state index contributed by atoms with van der Waals surface area (Å²) in [6.45, 7) is 6.48. The molecule has 1 aliphatic rings. The van der Waals surface area contributed by atoms with Crippen molar-refractivity contribution in [2.75, 3.05) is 33.4 Å². The summed E-state index contributed by atoms with van der Waals surface area (Å²) in [5.74, 6) is -0.452. The molecule has 3 aromatic rings. The molecule has 0 N–H and O–H groups in total. The number of ether oxygens (including phenoxy) is 2. The zero-order chi connectivity index (χ0) is 25.9. The molecule has 4 rings (SSSR count). The molecule has 1 unspecified atom stereocenters. The van der Waals surface area contributed by atoms with Crippen molar-refractivity contribution in [2.45, 2.75) is 44.2 Å². The summed E-state index contributed by atoms with van der Waals surface area (Å²) in [5.41, 5.74) is 2.26. The largest absolute Gasteiger partial charge is 0.380 e. The Morgan fingerprint density at radius 1 is 1.31 bits per heavy atom. The van der Waals surface area contributed by atoms with E-state index in [2.05, 4.69) is 4.99 Å². The van der Waals surface area contributed by atoms with Gasteiger partial charge in [0.15, 0.2) is 4.80 Å². The predicted molar refractivity (Wildman–Crippen MR) is 141 cm³/mol. The highest BCUT2D eigenvalue weighted by atomic mass is 35.5. The lowest BCUT2D eigenvalue weighted by molar-refractivity contribution is 0.0979.